The molecule has 0 radical (unpaired) electrons. The second-order valence-corrected chi connectivity index (χ2v) is 8.55. The second-order valence-electron chi connectivity index (χ2n) is 8.55. The Labute approximate surface area is 189 Å². The van der Waals surface area contributed by atoms with E-state index in [9.17, 15) is 13.2 Å². The predicted octanol–water partition coefficient (Wildman–Crippen LogP) is 6.97. The monoisotopic (exact) mass is 449 g/mol. The van der Waals surface area contributed by atoms with Crippen molar-refractivity contribution >= 4 is 17.7 Å². The van der Waals surface area contributed by atoms with Crippen molar-refractivity contribution in [2.75, 3.05) is 13.2 Å². The standard InChI is InChI=1S/C25H34F3N3O/c1-6-7-10-32-23-13-21(12-22(14-23)25(26,27)28)18(4)31(15-20-8-9-20)19(5)24(30-16-29)11-17(2)3/h12-14,16,19-20,29H,2,4,6-11,15H2,1,3,5H3/b29-16?,30-24+. The van der Waals surface area contributed by atoms with E-state index in [1.165, 1.54) is 0 Å². The number of hydrogen-bond acceptors (Lipinski definition) is 3. The summed E-state index contributed by atoms with van der Waals surface area (Å²) in [6.07, 6.45) is 0.851. The van der Waals surface area contributed by atoms with Crippen molar-refractivity contribution in [1.29, 1.82) is 5.41 Å². The van der Waals surface area contributed by atoms with Gasteiger partial charge in [-0.15, -0.1) is 0 Å². The SMILES string of the molecule is C=C(C)C/C(=N\C=N)C(C)N(CC1CC1)C(=C)c1cc(OCCCC)cc(C(F)(F)F)c1. The lowest BCUT2D eigenvalue weighted by Gasteiger charge is -2.34. The molecule has 1 N–H and O–H groups in total. The van der Waals surface area contributed by atoms with Gasteiger partial charge in [-0.25, -0.2) is 4.99 Å². The maximum Gasteiger partial charge on any atom is 0.416 e. The zero-order chi connectivity index (χ0) is 23.9. The van der Waals surface area contributed by atoms with Gasteiger partial charge in [0.05, 0.1) is 18.2 Å². The van der Waals surface area contributed by atoms with Gasteiger partial charge in [-0.05, 0) is 57.2 Å². The van der Waals surface area contributed by atoms with Crippen LogP contribution in [0.4, 0.5) is 13.2 Å². The highest BCUT2D eigenvalue weighted by Gasteiger charge is 2.33. The number of alkyl halides is 3. The smallest absolute Gasteiger partial charge is 0.416 e. The Bertz CT molecular complexity index is 856. The van der Waals surface area contributed by atoms with Crippen LogP contribution in [0.15, 0.2) is 41.9 Å². The summed E-state index contributed by atoms with van der Waals surface area (Å²) in [7, 11) is 0. The lowest BCUT2D eigenvalue weighted by Crippen LogP contribution is -2.39. The molecule has 1 aliphatic rings. The molecule has 7 heteroatoms. The van der Waals surface area contributed by atoms with Crippen LogP contribution in [0, 0.1) is 11.3 Å². The van der Waals surface area contributed by atoms with Crippen molar-refractivity contribution in [2.45, 2.75) is 65.1 Å². The lowest BCUT2D eigenvalue weighted by atomic mass is 10.0. The maximum absolute atomic E-state index is 13.6. The van der Waals surface area contributed by atoms with E-state index in [0.717, 1.165) is 55.4 Å². The van der Waals surface area contributed by atoms with E-state index in [1.807, 2.05) is 25.7 Å². The van der Waals surface area contributed by atoms with Crippen LogP contribution in [0.25, 0.3) is 5.70 Å². The average Bonchev–Trinajstić information content (AvgIpc) is 3.54. The Morgan fingerprint density at radius 2 is 2.00 bits per heavy atom. The molecule has 4 nitrogen and oxygen atoms in total. The first-order chi connectivity index (χ1) is 15.1. The molecular formula is C25H34F3N3O. The first-order valence-electron chi connectivity index (χ1n) is 11.1. The summed E-state index contributed by atoms with van der Waals surface area (Å²) in [6.45, 7) is 15.0. The highest BCUT2D eigenvalue weighted by Crippen LogP contribution is 2.37. The molecule has 1 aromatic rings. The molecule has 2 rings (SSSR count). The van der Waals surface area contributed by atoms with Gasteiger partial charge in [0.15, 0.2) is 0 Å². The van der Waals surface area contributed by atoms with Crippen LogP contribution < -0.4 is 4.74 Å². The molecule has 1 fully saturated rings. The largest absolute Gasteiger partial charge is 0.494 e. The fourth-order valence-electron chi connectivity index (χ4n) is 3.47. The molecule has 1 atom stereocenters. The molecule has 176 valence electrons. The summed E-state index contributed by atoms with van der Waals surface area (Å²) in [4.78, 5) is 6.23. The van der Waals surface area contributed by atoms with Gasteiger partial charge in [0.25, 0.3) is 0 Å². The van der Waals surface area contributed by atoms with Crippen LogP contribution in [0.2, 0.25) is 0 Å². The van der Waals surface area contributed by atoms with Crippen molar-refractivity contribution in [2.24, 2.45) is 10.9 Å². The van der Waals surface area contributed by atoms with Crippen molar-refractivity contribution in [3.8, 4) is 5.75 Å². The van der Waals surface area contributed by atoms with Gasteiger partial charge in [-0.2, -0.15) is 13.2 Å². The summed E-state index contributed by atoms with van der Waals surface area (Å²) in [5, 5.41) is 7.42. The number of nitrogens with zero attached hydrogens (tertiary/aromatic N) is 2. The first kappa shape index (κ1) is 25.7. The second kappa shape index (κ2) is 11.3. The third-order valence-corrected chi connectivity index (χ3v) is 5.50. The molecule has 1 aliphatic carbocycles. The maximum atomic E-state index is 13.6. The van der Waals surface area contributed by atoms with Gasteiger partial charge >= 0.3 is 6.18 Å². The number of nitrogens with one attached hydrogen (secondary N) is 1. The molecule has 1 unspecified atom stereocenters. The average molecular weight is 450 g/mol. The number of ether oxygens (including phenoxy) is 1. The zero-order valence-corrected chi connectivity index (χ0v) is 19.3. The van der Waals surface area contributed by atoms with Crippen molar-refractivity contribution in [3.63, 3.8) is 0 Å². The van der Waals surface area contributed by atoms with Crippen LogP contribution in [-0.2, 0) is 6.18 Å². The molecule has 0 amide bonds. The third kappa shape index (κ3) is 7.53. The summed E-state index contributed by atoms with van der Waals surface area (Å²) < 4.78 is 46.4. The number of benzene rings is 1. The predicted molar refractivity (Wildman–Crippen MR) is 125 cm³/mol. The fourth-order valence-corrected chi connectivity index (χ4v) is 3.47. The van der Waals surface area contributed by atoms with E-state index in [1.54, 1.807) is 6.07 Å². The fraction of sp³-hybridized carbons (Fsp3) is 0.520. The minimum atomic E-state index is -4.49. The van der Waals surface area contributed by atoms with E-state index < -0.39 is 11.7 Å². The molecule has 0 heterocycles. The van der Waals surface area contributed by atoms with Crippen molar-refractivity contribution in [3.05, 3.63) is 48.1 Å². The molecule has 1 saturated carbocycles. The van der Waals surface area contributed by atoms with E-state index in [-0.39, 0.29) is 11.8 Å². The molecule has 0 spiro atoms. The molecule has 0 bridgehead atoms. The first-order valence-corrected chi connectivity index (χ1v) is 11.1. The van der Waals surface area contributed by atoms with Crippen LogP contribution in [0.5, 0.6) is 5.75 Å². The Balaban J connectivity index is 2.43. The minimum absolute atomic E-state index is 0.193. The van der Waals surface area contributed by atoms with Crippen LogP contribution >= 0.6 is 0 Å². The highest BCUT2D eigenvalue weighted by atomic mass is 19.4. The Morgan fingerprint density at radius 3 is 2.53 bits per heavy atom. The van der Waals surface area contributed by atoms with E-state index in [0.29, 0.717) is 36.8 Å². The Hall–Kier alpha value is -2.57. The number of rotatable bonds is 13. The van der Waals surface area contributed by atoms with Crippen molar-refractivity contribution in [1.82, 2.24) is 4.90 Å². The van der Waals surface area contributed by atoms with E-state index in [4.69, 9.17) is 10.1 Å². The number of halogens is 3. The van der Waals surface area contributed by atoms with Gasteiger partial charge in [0.1, 0.15) is 12.1 Å². The number of unbranched alkanes of at least 4 members (excludes halogenated alkanes) is 1. The Morgan fingerprint density at radius 1 is 1.31 bits per heavy atom. The summed E-state index contributed by atoms with van der Waals surface area (Å²) in [6, 6.07) is 3.57. The van der Waals surface area contributed by atoms with Gasteiger partial charge < -0.3 is 9.64 Å². The highest BCUT2D eigenvalue weighted by molar-refractivity contribution is 5.96. The van der Waals surface area contributed by atoms with E-state index in [2.05, 4.69) is 18.2 Å². The molecule has 32 heavy (non-hydrogen) atoms. The van der Waals surface area contributed by atoms with Gasteiger partial charge in [0, 0.05) is 29.9 Å². The number of allylic oxidation sites excluding steroid dienone is 1. The van der Waals surface area contributed by atoms with Gasteiger partial charge in [0.2, 0.25) is 0 Å². The zero-order valence-electron chi connectivity index (χ0n) is 19.3. The third-order valence-electron chi connectivity index (χ3n) is 5.50. The van der Waals surface area contributed by atoms with E-state index >= 15 is 0 Å². The number of hydrogen-bond donors (Lipinski definition) is 1. The number of aliphatic imine (C=N–C) groups is 1. The topological polar surface area (TPSA) is 48.7 Å². The van der Waals surface area contributed by atoms with Crippen LogP contribution in [-0.4, -0.2) is 36.1 Å². The minimum Gasteiger partial charge on any atom is -0.494 e. The normalized spacial score (nSPS) is 15.2. The Kier molecular flexibility index (Phi) is 9.10. The van der Waals surface area contributed by atoms with Crippen LogP contribution in [0.3, 0.4) is 0 Å². The molecule has 0 aromatic heterocycles. The molecule has 0 aliphatic heterocycles. The molecule has 0 saturated heterocycles. The lowest BCUT2D eigenvalue weighted by molar-refractivity contribution is -0.137. The van der Waals surface area contributed by atoms with Crippen LogP contribution in [0.1, 0.15) is 64.0 Å². The molecular weight excluding hydrogens is 415 g/mol. The summed E-state index contributed by atoms with van der Waals surface area (Å²) in [5.41, 5.74) is 1.76. The van der Waals surface area contributed by atoms with Gasteiger partial charge in [-0.1, -0.05) is 32.1 Å². The summed E-state index contributed by atoms with van der Waals surface area (Å²) in [5.74, 6) is 0.671. The quantitative estimate of drug-likeness (QED) is 0.153. The van der Waals surface area contributed by atoms with Gasteiger partial charge in [-0.3, -0.25) is 5.41 Å². The summed E-state index contributed by atoms with van der Waals surface area (Å²) >= 11 is 0. The molecule has 1 aromatic carbocycles. The van der Waals surface area contributed by atoms with Crippen molar-refractivity contribution < 1.29 is 17.9 Å².